The lowest BCUT2D eigenvalue weighted by Crippen LogP contribution is -2.46. The molecule has 0 spiro atoms. The average Bonchev–Trinajstić information content (AvgIpc) is 3.17. The van der Waals surface area contributed by atoms with Gasteiger partial charge in [0.05, 0.1) is 12.6 Å². The summed E-state index contributed by atoms with van der Waals surface area (Å²) in [5.41, 5.74) is 0.661. The zero-order chi connectivity index (χ0) is 15.3. The molecule has 1 aromatic carbocycles. The molecule has 2 N–H and O–H groups in total. The van der Waals surface area contributed by atoms with E-state index in [1.807, 2.05) is 30.3 Å². The van der Waals surface area contributed by atoms with Crippen molar-refractivity contribution in [3.63, 3.8) is 0 Å². The Hall–Kier alpha value is -1.72. The molecule has 4 rings (SSSR count). The lowest BCUT2D eigenvalue weighted by Gasteiger charge is -2.30. The molecule has 4 unspecified atom stereocenters. The summed E-state index contributed by atoms with van der Waals surface area (Å²) in [6.07, 6.45) is 3.21. The van der Waals surface area contributed by atoms with Crippen LogP contribution in [-0.4, -0.2) is 42.5 Å². The van der Waals surface area contributed by atoms with Crippen molar-refractivity contribution in [3.05, 3.63) is 41.4 Å². The van der Waals surface area contributed by atoms with Gasteiger partial charge >= 0.3 is 6.09 Å². The summed E-state index contributed by atoms with van der Waals surface area (Å²) in [5, 5.41) is 12.1. The second-order valence-electron chi connectivity index (χ2n) is 6.21. The Labute approximate surface area is 133 Å². The maximum Gasteiger partial charge on any atom is 0.404 e. The Morgan fingerprint density at radius 2 is 2.18 bits per heavy atom. The van der Waals surface area contributed by atoms with E-state index in [-0.39, 0.29) is 6.10 Å². The van der Waals surface area contributed by atoms with E-state index in [1.165, 1.54) is 0 Å². The first kappa shape index (κ1) is 13.9. The van der Waals surface area contributed by atoms with Gasteiger partial charge in [0, 0.05) is 35.6 Å². The van der Waals surface area contributed by atoms with Crippen molar-refractivity contribution in [1.29, 1.82) is 0 Å². The molecule has 0 radical (unpaired) electrons. The number of nitrogens with zero attached hydrogens (tertiary/aromatic N) is 1. The van der Waals surface area contributed by atoms with Crippen LogP contribution >= 0.6 is 11.6 Å². The van der Waals surface area contributed by atoms with Gasteiger partial charge in [-0.2, -0.15) is 0 Å². The molecule has 5 nitrogen and oxygen atoms in total. The van der Waals surface area contributed by atoms with Gasteiger partial charge < -0.3 is 20.1 Å². The molecule has 2 bridgehead atoms. The molecule has 0 aliphatic carbocycles. The van der Waals surface area contributed by atoms with E-state index < -0.39 is 11.7 Å². The van der Waals surface area contributed by atoms with Gasteiger partial charge in [-0.05, 0) is 24.3 Å². The van der Waals surface area contributed by atoms with E-state index >= 15 is 0 Å². The number of anilines is 1. The van der Waals surface area contributed by atoms with Crippen molar-refractivity contribution in [2.45, 2.75) is 11.7 Å². The lowest BCUT2D eigenvalue weighted by atomic mass is 9.77. The van der Waals surface area contributed by atoms with Gasteiger partial charge in [-0.3, -0.25) is 0 Å². The van der Waals surface area contributed by atoms with Crippen LogP contribution < -0.4 is 10.2 Å². The van der Waals surface area contributed by atoms with Crippen LogP contribution in [0.4, 0.5) is 10.5 Å². The Bertz CT molecular complexity index is 633. The fourth-order valence-electron chi connectivity index (χ4n) is 4.02. The number of carboxylic acid groups (broad SMARTS) is 1. The highest BCUT2D eigenvalue weighted by Gasteiger charge is 2.59. The highest BCUT2D eigenvalue weighted by atomic mass is 35.5. The average molecular weight is 321 g/mol. The van der Waals surface area contributed by atoms with Crippen LogP contribution in [0.1, 0.15) is 0 Å². The second-order valence-corrected chi connectivity index (χ2v) is 6.64. The first-order chi connectivity index (χ1) is 10.6. The molecule has 3 aliphatic heterocycles. The molecule has 3 heterocycles. The lowest BCUT2D eigenvalue weighted by molar-refractivity contribution is 0.0124. The minimum absolute atomic E-state index is 0.0953. The third-order valence-corrected chi connectivity index (χ3v) is 5.30. The fraction of sp³-hybridized carbons (Fsp3) is 0.438. The van der Waals surface area contributed by atoms with Gasteiger partial charge in [0.2, 0.25) is 0 Å². The van der Waals surface area contributed by atoms with Crippen LogP contribution in [0.25, 0.3) is 0 Å². The molecule has 2 fully saturated rings. The molecule has 3 aliphatic rings. The van der Waals surface area contributed by atoms with Gasteiger partial charge in [-0.25, -0.2) is 4.79 Å². The van der Waals surface area contributed by atoms with E-state index in [0.717, 1.165) is 23.8 Å². The van der Waals surface area contributed by atoms with Gasteiger partial charge in [-0.1, -0.05) is 23.8 Å². The number of benzene rings is 1. The molecule has 22 heavy (non-hydrogen) atoms. The smallest absolute Gasteiger partial charge is 0.404 e. The molecule has 116 valence electrons. The van der Waals surface area contributed by atoms with E-state index in [4.69, 9.17) is 21.4 Å². The van der Waals surface area contributed by atoms with E-state index in [9.17, 15) is 4.79 Å². The standard InChI is InChI=1S/C16H17ClN2O3/c17-10-1-3-11(4-2-10)19-7-12-13(8-19)16(9-18-15(20)21)6-5-14(12)22-16/h1-6,12-14,18H,7-9H2,(H,20,21). The van der Waals surface area contributed by atoms with Gasteiger partial charge in [-0.15, -0.1) is 0 Å². The van der Waals surface area contributed by atoms with Crippen LogP contribution in [0.15, 0.2) is 36.4 Å². The summed E-state index contributed by atoms with van der Waals surface area (Å²) < 4.78 is 6.10. The summed E-state index contributed by atoms with van der Waals surface area (Å²) in [6.45, 7) is 2.11. The number of carbonyl (C=O) groups is 1. The summed E-state index contributed by atoms with van der Waals surface area (Å²) in [6, 6.07) is 7.86. The van der Waals surface area contributed by atoms with Crippen LogP contribution in [0.3, 0.4) is 0 Å². The Balaban J connectivity index is 1.54. The maximum absolute atomic E-state index is 10.8. The van der Waals surface area contributed by atoms with Crippen molar-refractivity contribution in [2.75, 3.05) is 24.5 Å². The Kier molecular flexibility index (Phi) is 3.09. The number of hydrogen-bond donors (Lipinski definition) is 2. The van der Waals surface area contributed by atoms with Crippen molar-refractivity contribution in [2.24, 2.45) is 11.8 Å². The zero-order valence-electron chi connectivity index (χ0n) is 11.9. The zero-order valence-corrected chi connectivity index (χ0v) is 12.7. The van der Waals surface area contributed by atoms with Crippen molar-refractivity contribution >= 4 is 23.4 Å². The molecular formula is C16H17ClN2O3. The Morgan fingerprint density at radius 3 is 2.91 bits per heavy atom. The molecule has 0 aromatic heterocycles. The molecule has 1 amide bonds. The number of fused-ring (bicyclic) bond motifs is 5. The number of rotatable bonds is 3. The molecule has 4 atom stereocenters. The van der Waals surface area contributed by atoms with Crippen LogP contribution in [0.5, 0.6) is 0 Å². The highest BCUT2D eigenvalue weighted by molar-refractivity contribution is 6.30. The van der Waals surface area contributed by atoms with Crippen LogP contribution in [-0.2, 0) is 4.74 Å². The largest absolute Gasteiger partial charge is 0.465 e. The first-order valence-electron chi connectivity index (χ1n) is 7.42. The number of hydrogen-bond acceptors (Lipinski definition) is 3. The number of nitrogens with one attached hydrogen (secondary N) is 1. The van der Waals surface area contributed by atoms with Crippen molar-refractivity contribution < 1.29 is 14.6 Å². The fourth-order valence-corrected chi connectivity index (χ4v) is 4.14. The number of amides is 1. The normalized spacial score (nSPS) is 35.0. The van der Waals surface area contributed by atoms with Crippen LogP contribution in [0.2, 0.25) is 5.02 Å². The first-order valence-corrected chi connectivity index (χ1v) is 7.80. The van der Waals surface area contributed by atoms with Crippen LogP contribution in [0, 0.1) is 11.8 Å². The monoisotopic (exact) mass is 320 g/mol. The molecule has 6 heteroatoms. The van der Waals surface area contributed by atoms with Crippen molar-refractivity contribution in [3.8, 4) is 0 Å². The predicted octanol–water partition coefficient (Wildman–Crippen LogP) is 2.37. The van der Waals surface area contributed by atoms with Gasteiger partial charge in [0.15, 0.2) is 0 Å². The molecule has 2 saturated heterocycles. The minimum Gasteiger partial charge on any atom is -0.465 e. The van der Waals surface area contributed by atoms with E-state index in [2.05, 4.69) is 16.3 Å². The maximum atomic E-state index is 10.8. The highest BCUT2D eigenvalue weighted by Crippen LogP contribution is 2.51. The molecule has 1 aromatic rings. The summed E-state index contributed by atoms with van der Waals surface area (Å²) in [4.78, 5) is 13.2. The number of halogens is 1. The van der Waals surface area contributed by atoms with E-state index in [0.29, 0.717) is 18.4 Å². The third kappa shape index (κ3) is 2.08. The molecular weight excluding hydrogens is 304 g/mol. The summed E-state index contributed by atoms with van der Waals surface area (Å²) in [5.74, 6) is 0.723. The van der Waals surface area contributed by atoms with Gasteiger partial charge in [0.1, 0.15) is 5.60 Å². The summed E-state index contributed by atoms with van der Waals surface area (Å²) >= 11 is 5.95. The second kappa shape index (κ2) is 4.89. The van der Waals surface area contributed by atoms with Crippen molar-refractivity contribution in [1.82, 2.24) is 5.32 Å². The molecule has 0 saturated carbocycles. The Morgan fingerprint density at radius 1 is 1.41 bits per heavy atom. The minimum atomic E-state index is -1.01. The number of ether oxygens (including phenoxy) is 1. The topological polar surface area (TPSA) is 61.8 Å². The van der Waals surface area contributed by atoms with E-state index in [1.54, 1.807) is 0 Å². The SMILES string of the molecule is O=C(O)NCC12C=CC(O1)C1CN(c3ccc(Cl)cc3)CC12. The van der Waals surface area contributed by atoms with Gasteiger partial charge in [0.25, 0.3) is 0 Å². The third-order valence-electron chi connectivity index (χ3n) is 5.05. The quantitative estimate of drug-likeness (QED) is 0.839. The predicted molar refractivity (Wildman–Crippen MR) is 83.4 cm³/mol. The summed E-state index contributed by atoms with van der Waals surface area (Å²) in [7, 11) is 0.